The van der Waals surface area contributed by atoms with Gasteiger partial charge in [0.25, 0.3) is 0 Å². The zero-order chi connectivity index (χ0) is 18.5. The Morgan fingerprint density at radius 2 is 1.92 bits per heavy atom. The van der Waals surface area contributed by atoms with E-state index < -0.39 is 0 Å². The molecule has 0 unspecified atom stereocenters. The molecule has 0 bridgehead atoms. The lowest BCUT2D eigenvalue weighted by Gasteiger charge is -2.42. The second-order valence-electron chi connectivity index (χ2n) is 7.00. The molecule has 2 heterocycles. The Hall–Kier alpha value is -2.42. The van der Waals surface area contributed by atoms with Gasteiger partial charge in [0, 0.05) is 44.5 Å². The van der Waals surface area contributed by atoms with Gasteiger partial charge in [0.2, 0.25) is 0 Å². The predicted octanol–water partition coefficient (Wildman–Crippen LogP) is 2.64. The fourth-order valence-electron chi connectivity index (χ4n) is 3.52. The van der Waals surface area contributed by atoms with Crippen LogP contribution in [-0.4, -0.2) is 47.3 Å². The van der Waals surface area contributed by atoms with Crippen LogP contribution in [0.1, 0.15) is 28.8 Å². The number of nitrogens with zero attached hydrogens (tertiary/aromatic N) is 4. The molecule has 2 aromatic rings. The summed E-state index contributed by atoms with van der Waals surface area (Å²) in [6.07, 6.45) is 0.718. The van der Waals surface area contributed by atoms with Crippen LogP contribution in [0.3, 0.4) is 0 Å². The van der Waals surface area contributed by atoms with Gasteiger partial charge in [-0.15, -0.1) is 0 Å². The average Bonchev–Trinajstić information content (AvgIpc) is 2.65. The number of aryl methyl sites for hydroxylation is 2. The molecule has 1 N–H and O–H groups in total. The summed E-state index contributed by atoms with van der Waals surface area (Å²) in [5.74, 6) is 0.769. The number of nitriles is 1. The van der Waals surface area contributed by atoms with E-state index in [2.05, 4.69) is 52.0 Å². The zero-order valence-corrected chi connectivity index (χ0v) is 15.5. The molecule has 136 valence electrons. The third kappa shape index (κ3) is 4.21. The first-order valence-corrected chi connectivity index (χ1v) is 9.14. The smallest absolute Gasteiger partial charge is 0.146 e. The number of hydrogen-bond donors (Lipinski definition) is 1. The topological polar surface area (TPSA) is 63.4 Å². The van der Waals surface area contributed by atoms with Crippen molar-refractivity contribution in [1.29, 1.82) is 5.26 Å². The summed E-state index contributed by atoms with van der Waals surface area (Å²) in [6.45, 7) is 7.58. The molecule has 1 saturated heterocycles. The molecular weight excluding hydrogens is 324 g/mol. The van der Waals surface area contributed by atoms with E-state index in [4.69, 9.17) is 0 Å². The zero-order valence-electron chi connectivity index (χ0n) is 15.5. The third-order valence-corrected chi connectivity index (χ3v) is 5.01. The maximum absolute atomic E-state index is 9.53. The van der Waals surface area contributed by atoms with Crippen molar-refractivity contribution in [2.24, 2.45) is 0 Å². The lowest BCUT2D eigenvalue weighted by Crippen LogP contribution is -2.53. The molecule has 1 atom stereocenters. The van der Waals surface area contributed by atoms with Crippen molar-refractivity contribution in [3.05, 3.63) is 58.8 Å². The quantitative estimate of drug-likeness (QED) is 0.898. The molecule has 26 heavy (non-hydrogen) atoms. The van der Waals surface area contributed by atoms with E-state index in [0.29, 0.717) is 5.56 Å². The summed E-state index contributed by atoms with van der Waals surface area (Å²) in [6, 6.07) is 14.8. The number of benzene rings is 1. The van der Waals surface area contributed by atoms with Crippen LogP contribution >= 0.6 is 0 Å². The van der Waals surface area contributed by atoms with Crippen LogP contribution in [0, 0.1) is 25.2 Å². The molecule has 0 spiro atoms. The van der Waals surface area contributed by atoms with Gasteiger partial charge in [0.05, 0.1) is 5.56 Å². The summed E-state index contributed by atoms with van der Waals surface area (Å²) < 4.78 is 0. The van der Waals surface area contributed by atoms with Gasteiger partial charge in [-0.3, -0.25) is 4.90 Å². The summed E-state index contributed by atoms with van der Waals surface area (Å²) in [4.78, 5) is 9.23. The molecule has 5 heteroatoms. The first-order valence-electron chi connectivity index (χ1n) is 9.14. The Labute approximate surface area is 155 Å². The largest absolute Gasteiger partial charge is 0.396 e. The molecule has 0 saturated carbocycles. The number of hydrogen-bond acceptors (Lipinski definition) is 5. The lowest BCUT2D eigenvalue weighted by molar-refractivity contribution is 0.135. The molecule has 0 amide bonds. The second kappa shape index (κ2) is 8.31. The van der Waals surface area contributed by atoms with E-state index in [-0.39, 0.29) is 12.6 Å². The Bertz CT molecular complexity index is 782. The van der Waals surface area contributed by atoms with Crippen LogP contribution in [0.15, 0.2) is 36.4 Å². The number of rotatable bonds is 5. The number of aliphatic hydroxyl groups excluding tert-OH is 1. The van der Waals surface area contributed by atoms with Gasteiger partial charge in [0.1, 0.15) is 11.9 Å². The van der Waals surface area contributed by atoms with E-state index >= 15 is 0 Å². The summed E-state index contributed by atoms with van der Waals surface area (Å²) in [7, 11) is 0. The highest BCUT2D eigenvalue weighted by Gasteiger charge is 2.28. The minimum atomic E-state index is 0.162. The van der Waals surface area contributed by atoms with Crippen molar-refractivity contribution in [3.63, 3.8) is 0 Å². The van der Waals surface area contributed by atoms with Crippen LogP contribution in [0.2, 0.25) is 0 Å². The Morgan fingerprint density at radius 1 is 1.15 bits per heavy atom. The lowest BCUT2D eigenvalue weighted by atomic mass is 10.1. The molecule has 1 aromatic carbocycles. The van der Waals surface area contributed by atoms with E-state index in [0.717, 1.165) is 44.1 Å². The average molecular weight is 350 g/mol. The Balaban J connectivity index is 1.76. The maximum atomic E-state index is 9.53. The summed E-state index contributed by atoms with van der Waals surface area (Å²) >= 11 is 0. The first kappa shape index (κ1) is 18.4. The molecule has 5 nitrogen and oxygen atoms in total. The van der Waals surface area contributed by atoms with E-state index in [1.54, 1.807) is 0 Å². The molecule has 1 aliphatic heterocycles. The van der Waals surface area contributed by atoms with E-state index in [1.807, 2.05) is 19.1 Å². The van der Waals surface area contributed by atoms with Gasteiger partial charge in [-0.25, -0.2) is 4.98 Å². The summed E-state index contributed by atoms with van der Waals surface area (Å²) in [5, 5.41) is 18.9. The van der Waals surface area contributed by atoms with Crippen molar-refractivity contribution < 1.29 is 5.11 Å². The first-order chi connectivity index (χ1) is 12.6. The summed E-state index contributed by atoms with van der Waals surface area (Å²) in [5.41, 5.74) is 4.09. The third-order valence-electron chi connectivity index (χ3n) is 5.01. The minimum Gasteiger partial charge on any atom is -0.396 e. The minimum absolute atomic E-state index is 0.162. The van der Waals surface area contributed by atoms with E-state index in [9.17, 15) is 10.4 Å². The van der Waals surface area contributed by atoms with E-state index in [1.165, 1.54) is 11.1 Å². The number of pyridine rings is 1. The number of aliphatic hydroxyl groups is 1. The fraction of sp³-hybridized carbons (Fsp3) is 0.429. The highest BCUT2D eigenvalue weighted by molar-refractivity contribution is 5.54. The van der Waals surface area contributed by atoms with Crippen molar-refractivity contribution in [1.82, 2.24) is 9.88 Å². The molecule has 1 aliphatic rings. The Kier molecular flexibility index (Phi) is 5.87. The van der Waals surface area contributed by atoms with Crippen LogP contribution in [-0.2, 0) is 6.54 Å². The highest BCUT2D eigenvalue weighted by atomic mass is 16.3. The SMILES string of the molecule is Cc1ccc(CN2CCN(c3nc(C)ccc3C#N)C[C@@H]2CCO)cc1. The van der Waals surface area contributed by atoms with Gasteiger partial charge in [-0.2, -0.15) is 5.26 Å². The molecule has 0 aliphatic carbocycles. The van der Waals surface area contributed by atoms with Gasteiger partial charge < -0.3 is 10.0 Å². The number of piperazine rings is 1. The number of aromatic nitrogens is 1. The molecule has 1 fully saturated rings. The highest BCUT2D eigenvalue weighted by Crippen LogP contribution is 2.24. The van der Waals surface area contributed by atoms with Crippen LogP contribution in [0.25, 0.3) is 0 Å². The van der Waals surface area contributed by atoms with Crippen molar-refractivity contribution >= 4 is 5.82 Å². The molecule has 1 aromatic heterocycles. The molecule has 3 rings (SSSR count). The molecular formula is C21H26N4O. The fourth-order valence-corrected chi connectivity index (χ4v) is 3.52. The Morgan fingerprint density at radius 3 is 2.62 bits per heavy atom. The van der Waals surface area contributed by atoms with Crippen LogP contribution in [0.4, 0.5) is 5.82 Å². The normalized spacial score (nSPS) is 17.9. The molecule has 0 radical (unpaired) electrons. The van der Waals surface area contributed by atoms with Crippen molar-refractivity contribution in [2.75, 3.05) is 31.1 Å². The second-order valence-corrected chi connectivity index (χ2v) is 7.00. The van der Waals surface area contributed by atoms with Crippen molar-refractivity contribution in [3.8, 4) is 6.07 Å². The van der Waals surface area contributed by atoms with Gasteiger partial charge in [-0.1, -0.05) is 29.8 Å². The predicted molar refractivity (Wildman–Crippen MR) is 103 cm³/mol. The maximum Gasteiger partial charge on any atom is 0.146 e. The van der Waals surface area contributed by atoms with Gasteiger partial charge in [0.15, 0.2) is 0 Å². The number of anilines is 1. The van der Waals surface area contributed by atoms with Crippen molar-refractivity contribution in [2.45, 2.75) is 32.9 Å². The monoisotopic (exact) mass is 350 g/mol. The van der Waals surface area contributed by atoms with Gasteiger partial charge in [-0.05, 0) is 38.0 Å². The standard InChI is InChI=1S/C21H26N4O/c1-16-3-6-18(7-4-16)14-24-10-11-25(15-20(24)9-12-26)21-19(13-22)8-5-17(2)23-21/h3-8,20,26H,9-12,14-15H2,1-2H3/t20-/m0/s1. The van der Waals surface area contributed by atoms with Crippen LogP contribution in [0.5, 0.6) is 0 Å². The van der Waals surface area contributed by atoms with Gasteiger partial charge >= 0.3 is 0 Å². The van der Waals surface area contributed by atoms with Crippen LogP contribution < -0.4 is 4.90 Å².